The van der Waals surface area contributed by atoms with Gasteiger partial charge in [0.1, 0.15) is 0 Å². The fourth-order valence-corrected chi connectivity index (χ4v) is 2.63. The molecule has 1 aliphatic rings. The molecule has 0 radical (unpaired) electrons. The van der Waals surface area contributed by atoms with E-state index in [1.807, 2.05) is 6.07 Å². The summed E-state index contributed by atoms with van der Waals surface area (Å²) in [7, 11) is 0. The van der Waals surface area contributed by atoms with Crippen LogP contribution in [0, 0.1) is 6.92 Å². The van der Waals surface area contributed by atoms with Crippen molar-refractivity contribution in [3.8, 4) is 0 Å². The molecule has 0 unspecified atom stereocenters. The predicted octanol–water partition coefficient (Wildman–Crippen LogP) is 3.01. The van der Waals surface area contributed by atoms with Crippen LogP contribution in [-0.4, -0.2) is 24.3 Å². The van der Waals surface area contributed by atoms with E-state index in [4.69, 9.17) is 9.84 Å². The third kappa shape index (κ3) is 2.00. The van der Waals surface area contributed by atoms with Crippen LogP contribution in [0.2, 0.25) is 0 Å². The van der Waals surface area contributed by atoms with Gasteiger partial charge in [0.2, 0.25) is 0 Å². The maximum absolute atomic E-state index is 11.1. The van der Waals surface area contributed by atoms with E-state index < -0.39 is 5.97 Å². The first-order chi connectivity index (χ1) is 9.62. The van der Waals surface area contributed by atoms with Gasteiger partial charge in [-0.1, -0.05) is 42.0 Å². The first-order valence-corrected chi connectivity index (χ1v) is 6.60. The highest BCUT2D eigenvalue weighted by atomic mass is 16.5. The van der Waals surface area contributed by atoms with E-state index in [0.29, 0.717) is 18.8 Å². The number of carbonyl (C=O) groups is 1. The molecule has 1 heterocycles. The fraction of sp³-hybridized carbons (Fsp3) is 0.235. The van der Waals surface area contributed by atoms with Gasteiger partial charge in [-0.3, -0.25) is 0 Å². The van der Waals surface area contributed by atoms with Gasteiger partial charge in [0.05, 0.1) is 24.2 Å². The van der Waals surface area contributed by atoms with Crippen LogP contribution in [-0.2, 0) is 10.2 Å². The molecular weight excluding hydrogens is 252 g/mol. The largest absolute Gasteiger partial charge is 0.478 e. The fourth-order valence-electron chi connectivity index (χ4n) is 2.63. The molecule has 0 aromatic heterocycles. The lowest BCUT2D eigenvalue weighted by atomic mass is 9.72. The molecule has 0 spiro atoms. The lowest BCUT2D eigenvalue weighted by Crippen LogP contribution is -2.47. The van der Waals surface area contributed by atoms with Crippen LogP contribution in [0.5, 0.6) is 0 Å². The summed E-state index contributed by atoms with van der Waals surface area (Å²) >= 11 is 0. The molecule has 1 saturated heterocycles. The Morgan fingerprint density at radius 3 is 2.35 bits per heavy atom. The van der Waals surface area contributed by atoms with Gasteiger partial charge in [-0.15, -0.1) is 0 Å². The van der Waals surface area contributed by atoms with Crippen molar-refractivity contribution in [3.05, 3.63) is 70.8 Å². The van der Waals surface area contributed by atoms with E-state index >= 15 is 0 Å². The van der Waals surface area contributed by atoms with Crippen molar-refractivity contribution in [3.63, 3.8) is 0 Å². The summed E-state index contributed by atoms with van der Waals surface area (Å²) in [4.78, 5) is 11.1. The number of ether oxygens (including phenoxy) is 1. The van der Waals surface area contributed by atoms with E-state index in [9.17, 15) is 4.79 Å². The topological polar surface area (TPSA) is 46.5 Å². The molecule has 1 fully saturated rings. The summed E-state index contributed by atoms with van der Waals surface area (Å²) in [5.74, 6) is -0.897. The number of carboxylic acids is 1. The SMILES string of the molecule is Cc1ccc(C2(c3cccc(C(=O)O)c3)COC2)cc1. The van der Waals surface area contributed by atoms with Crippen molar-refractivity contribution >= 4 is 5.97 Å². The number of hydrogen-bond acceptors (Lipinski definition) is 2. The predicted molar refractivity (Wildman–Crippen MR) is 76.2 cm³/mol. The first kappa shape index (κ1) is 12.9. The van der Waals surface area contributed by atoms with Gasteiger partial charge in [-0.2, -0.15) is 0 Å². The Balaban J connectivity index is 2.07. The Kier molecular flexibility index (Phi) is 3.07. The zero-order chi connectivity index (χ0) is 14.2. The summed E-state index contributed by atoms with van der Waals surface area (Å²) in [5.41, 5.74) is 3.51. The molecular formula is C17H16O3. The Morgan fingerprint density at radius 2 is 1.80 bits per heavy atom. The quantitative estimate of drug-likeness (QED) is 0.930. The van der Waals surface area contributed by atoms with E-state index in [1.54, 1.807) is 18.2 Å². The molecule has 3 rings (SSSR count). The average Bonchev–Trinajstić information content (AvgIpc) is 2.40. The number of aromatic carboxylic acids is 1. The molecule has 0 bridgehead atoms. The number of benzene rings is 2. The number of rotatable bonds is 3. The second-order valence-corrected chi connectivity index (χ2v) is 5.33. The van der Waals surface area contributed by atoms with Crippen LogP contribution in [0.15, 0.2) is 48.5 Å². The summed E-state index contributed by atoms with van der Waals surface area (Å²) in [6.07, 6.45) is 0. The Bertz CT molecular complexity index is 640. The number of aryl methyl sites for hydroxylation is 1. The Labute approximate surface area is 117 Å². The average molecular weight is 268 g/mol. The molecule has 0 atom stereocenters. The third-order valence-electron chi connectivity index (χ3n) is 3.96. The van der Waals surface area contributed by atoms with Crippen LogP contribution >= 0.6 is 0 Å². The second kappa shape index (κ2) is 4.76. The summed E-state index contributed by atoms with van der Waals surface area (Å²) in [6, 6.07) is 15.5. The molecule has 102 valence electrons. The molecule has 2 aromatic carbocycles. The van der Waals surface area contributed by atoms with Gasteiger partial charge < -0.3 is 9.84 Å². The van der Waals surface area contributed by atoms with Crippen molar-refractivity contribution in [1.29, 1.82) is 0 Å². The van der Waals surface area contributed by atoms with Gasteiger partial charge in [-0.25, -0.2) is 4.79 Å². The minimum absolute atomic E-state index is 0.209. The van der Waals surface area contributed by atoms with E-state index in [2.05, 4.69) is 31.2 Å². The zero-order valence-corrected chi connectivity index (χ0v) is 11.3. The van der Waals surface area contributed by atoms with Crippen LogP contribution in [0.1, 0.15) is 27.0 Å². The van der Waals surface area contributed by atoms with Crippen LogP contribution < -0.4 is 0 Å². The molecule has 0 amide bonds. The van der Waals surface area contributed by atoms with E-state index in [0.717, 1.165) is 5.56 Å². The van der Waals surface area contributed by atoms with Gasteiger partial charge in [0.25, 0.3) is 0 Å². The highest BCUT2D eigenvalue weighted by Gasteiger charge is 2.42. The maximum atomic E-state index is 11.1. The van der Waals surface area contributed by atoms with Crippen molar-refractivity contribution in [1.82, 2.24) is 0 Å². The van der Waals surface area contributed by atoms with Crippen molar-refractivity contribution < 1.29 is 14.6 Å². The first-order valence-electron chi connectivity index (χ1n) is 6.60. The lowest BCUT2D eigenvalue weighted by Gasteiger charge is -2.42. The Morgan fingerprint density at radius 1 is 1.10 bits per heavy atom. The van der Waals surface area contributed by atoms with Gasteiger partial charge in [0.15, 0.2) is 0 Å². The maximum Gasteiger partial charge on any atom is 0.335 e. The molecule has 1 N–H and O–H groups in total. The van der Waals surface area contributed by atoms with E-state index in [-0.39, 0.29) is 5.41 Å². The molecule has 2 aromatic rings. The van der Waals surface area contributed by atoms with Crippen molar-refractivity contribution in [2.75, 3.05) is 13.2 Å². The summed E-state index contributed by atoms with van der Waals surface area (Å²) in [5, 5.41) is 9.14. The zero-order valence-electron chi connectivity index (χ0n) is 11.3. The summed E-state index contributed by atoms with van der Waals surface area (Å²) < 4.78 is 5.43. The second-order valence-electron chi connectivity index (χ2n) is 5.33. The smallest absolute Gasteiger partial charge is 0.335 e. The third-order valence-corrected chi connectivity index (χ3v) is 3.96. The van der Waals surface area contributed by atoms with E-state index in [1.165, 1.54) is 11.1 Å². The van der Waals surface area contributed by atoms with Gasteiger partial charge >= 0.3 is 5.97 Å². The molecule has 1 aliphatic heterocycles. The van der Waals surface area contributed by atoms with Crippen LogP contribution in [0.4, 0.5) is 0 Å². The Hall–Kier alpha value is -2.13. The monoisotopic (exact) mass is 268 g/mol. The van der Waals surface area contributed by atoms with Crippen molar-refractivity contribution in [2.24, 2.45) is 0 Å². The number of hydrogen-bond donors (Lipinski definition) is 1. The highest BCUT2D eigenvalue weighted by molar-refractivity contribution is 5.87. The molecule has 0 saturated carbocycles. The minimum atomic E-state index is -0.897. The molecule has 0 aliphatic carbocycles. The van der Waals surface area contributed by atoms with Gasteiger partial charge in [0, 0.05) is 0 Å². The molecule has 20 heavy (non-hydrogen) atoms. The molecule has 3 nitrogen and oxygen atoms in total. The lowest BCUT2D eigenvalue weighted by molar-refractivity contribution is -0.0380. The van der Waals surface area contributed by atoms with Crippen LogP contribution in [0.25, 0.3) is 0 Å². The number of carboxylic acid groups (broad SMARTS) is 1. The highest BCUT2D eigenvalue weighted by Crippen LogP contribution is 2.39. The molecule has 3 heteroatoms. The normalized spacial score (nSPS) is 16.4. The van der Waals surface area contributed by atoms with Gasteiger partial charge in [-0.05, 0) is 30.2 Å². The van der Waals surface area contributed by atoms with Crippen molar-refractivity contribution in [2.45, 2.75) is 12.3 Å². The summed E-state index contributed by atoms with van der Waals surface area (Å²) in [6.45, 7) is 3.25. The van der Waals surface area contributed by atoms with Crippen LogP contribution in [0.3, 0.4) is 0 Å². The standard InChI is InChI=1S/C17H16O3/c1-12-5-7-14(8-6-12)17(10-20-11-17)15-4-2-3-13(9-15)16(18)19/h2-9H,10-11H2,1H3,(H,18,19). The minimum Gasteiger partial charge on any atom is -0.478 e.